The number of hydrogen-bond donors (Lipinski definition) is 2. The van der Waals surface area contributed by atoms with Gasteiger partial charge in [0.25, 0.3) is 0 Å². The van der Waals surface area contributed by atoms with Crippen LogP contribution in [0.2, 0.25) is 0 Å². The molecular formula is C18H27FIN3O2. The molecule has 7 heteroatoms. The van der Waals surface area contributed by atoms with Crippen molar-refractivity contribution in [2.45, 2.75) is 57.6 Å². The summed E-state index contributed by atoms with van der Waals surface area (Å²) in [6.07, 6.45) is 8.02. The van der Waals surface area contributed by atoms with Gasteiger partial charge in [-0.3, -0.25) is 4.99 Å². The Morgan fingerprint density at radius 2 is 2.00 bits per heavy atom. The maximum absolute atomic E-state index is 13.7. The average molecular weight is 463 g/mol. The predicted molar refractivity (Wildman–Crippen MR) is 107 cm³/mol. The lowest BCUT2D eigenvalue weighted by Crippen LogP contribution is -2.40. The topological polar surface area (TPSA) is 68.9 Å². The zero-order valence-electron chi connectivity index (χ0n) is 14.4. The second kappa shape index (κ2) is 10.2. The number of nitrogens with two attached hydrogens (primary N) is 1. The van der Waals surface area contributed by atoms with Crippen molar-refractivity contribution >= 4 is 29.9 Å². The molecule has 0 atom stereocenters. The third-order valence-corrected chi connectivity index (χ3v) is 4.62. The number of nitrogens with one attached hydrogen (secondary N) is 1. The molecule has 0 amide bonds. The average Bonchev–Trinajstić information content (AvgIpc) is 2.83. The van der Waals surface area contributed by atoms with E-state index >= 15 is 0 Å². The molecule has 1 aliphatic heterocycles. The van der Waals surface area contributed by atoms with E-state index in [-0.39, 0.29) is 36.6 Å². The lowest BCUT2D eigenvalue weighted by molar-refractivity contribution is -0.0172. The Morgan fingerprint density at radius 3 is 2.76 bits per heavy atom. The standard InChI is InChI=1S/C18H26FN3O2.HI/c19-15-9-13(17-14(10-15)11-23-12-24-17)7-8-21-18(20)22-16-5-3-1-2-4-6-16;/h9-10,16H,1-8,11-12H2,(H3,20,21,22);1H. The molecule has 0 saturated heterocycles. The van der Waals surface area contributed by atoms with Crippen LogP contribution < -0.4 is 15.8 Å². The molecule has 3 rings (SSSR count). The van der Waals surface area contributed by atoms with E-state index in [1.165, 1.54) is 37.8 Å². The van der Waals surface area contributed by atoms with E-state index in [4.69, 9.17) is 15.2 Å². The van der Waals surface area contributed by atoms with Gasteiger partial charge in [-0.1, -0.05) is 25.7 Å². The highest BCUT2D eigenvalue weighted by Gasteiger charge is 2.17. The summed E-state index contributed by atoms with van der Waals surface area (Å²) in [5.74, 6) is 0.941. The first-order valence-electron chi connectivity index (χ1n) is 8.80. The lowest BCUT2D eigenvalue weighted by Gasteiger charge is -2.20. The fraction of sp³-hybridized carbons (Fsp3) is 0.611. The summed E-state index contributed by atoms with van der Waals surface area (Å²) < 4.78 is 24.4. The Morgan fingerprint density at radius 1 is 1.24 bits per heavy atom. The minimum absolute atomic E-state index is 0. The van der Waals surface area contributed by atoms with E-state index in [9.17, 15) is 4.39 Å². The van der Waals surface area contributed by atoms with Crippen molar-refractivity contribution in [1.82, 2.24) is 5.32 Å². The summed E-state index contributed by atoms with van der Waals surface area (Å²) in [6.45, 7) is 1.10. The number of halogens is 2. The summed E-state index contributed by atoms with van der Waals surface area (Å²) in [5, 5.41) is 3.32. The van der Waals surface area contributed by atoms with Crippen LogP contribution in [-0.4, -0.2) is 25.3 Å². The quantitative estimate of drug-likeness (QED) is 0.311. The highest BCUT2D eigenvalue weighted by atomic mass is 127. The van der Waals surface area contributed by atoms with Gasteiger partial charge in [-0.2, -0.15) is 0 Å². The van der Waals surface area contributed by atoms with Crippen molar-refractivity contribution in [2.24, 2.45) is 10.7 Å². The second-order valence-corrected chi connectivity index (χ2v) is 6.51. The van der Waals surface area contributed by atoms with Crippen LogP contribution in [0, 0.1) is 5.82 Å². The van der Waals surface area contributed by atoms with Crippen molar-refractivity contribution in [2.75, 3.05) is 13.3 Å². The van der Waals surface area contributed by atoms with Crippen LogP contribution in [0.25, 0.3) is 0 Å². The van der Waals surface area contributed by atoms with Gasteiger partial charge in [0.2, 0.25) is 0 Å². The summed E-state index contributed by atoms with van der Waals surface area (Å²) in [5.41, 5.74) is 7.57. The molecule has 1 aromatic carbocycles. The minimum atomic E-state index is -0.272. The molecule has 3 N–H and O–H groups in total. The van der Waals surface area contributed by atoms with Gasteiger partial charge in [-0.15, -0.1) is 24.0 Å². The highest BCUT2D eigenvalue weighted by molar-refractivity contribution is 14.0. The Labute approximate surface area is 165 Å². The molecule has 1 saturated carbocycles. The van der Waals surface area contributed by atoms with E-state index in [0.29, 0.717) is 31.6 Å². The monoisotopic (exact) mass is 463 g/mol. The Kier molecular flexibility index (Phi) is 8.21. The van der Waals surface area contributed by atoms with Gasteiger partial charge in [-0.25, -0.2) is 4.39 Å². The Bertz CT molecular complexity index is 590. The normalized spacial score (nSPS) is 18.5. The van der Waals surface area contributed by atoms with Gasteiger partial charge < -0.3 is 20.5 Å². The molecule has 5 nitrogen and oxygen atoms in total. The molecule has 25 heavy (non-hydrogen) atoms. The van der Waals surface area contributed by atoms with Crippen molar-refractivity contribution in [1.29, 1.82) is 0 Å². The second-order valence-electron chi connectivity index (χ2n) is 6.51. The van der Waals surface area contributed by atoms with Gasteiger partial charge in [0.15, 0.2) is 12.8 Å². The zero-order valence-corrected chi connectivity index (χ0v) is 16.8. The van der Waals surface area contributed by atoms with E-state index in [2.05, 4.69) is 10.3 Å². The molecule has 0 unspecified atom stereocenters. The molecule has 2 aliphatic rings. The molecule has 0 spiro atoms. The molecule has 0 radical (unpaired) electrons. The zero-order chi connectivity index (χ0) is 16.8. The van der Waals surface area contributed by atoms with Crippen LogP contribution in [0.5, 0.6) is 5.75 Å². The number of fused-ring (bicyclic) bond motifs is 1. The first-order valence-corrected chi connectivity index (χ1v) is 8.80. The number of ether oxygens (including phenoxy) is 2. The smallest absolute Gasteiger partial charge is 0.189 e. The first-order chi connectivity index (χ1) is 11.7. The van der Waals surface area contributed by atoms with Crippen LogP contribution in [0.15, 0.2) is 17.1 Å². The predicted octanol–water partition coefficient (Wildman–Crippen LogP) is 3.48. The fourth-order valence-corrected chi connectivity index (χ4v) is 3.42. The number of benzene rings is 1. The number of hydrogen-bond acceptors (Lipinski definition) is 3. The van der Waals surface area contributed by atoms with Crippen molar-refractivity contribution in [3.8, 4) is 5.75 Å². The van der Waals surface area contributed by atoms with Crippen LogP contribution in [0.4, 0.5) is 4.39 Å². The van der Waals surface area contributed by atoms with Gasteiger partial charge in [-0.05, 0) is 37.0 Å². The molecule has 0 bridgehead atoms. The van der Waals surface area contributed by atoms with Crippen molar-refractivity contribution in [3.05, 3.63) is 29.1 Å². The number of aliphatic imine (C=N–C) groups is 1. The largest absolute Gasteiger partial charge is 0.467 e. The molecule has 1 heterocycles. The molecular weight excluding hydrogens is 436 g/mol. The third kappa shape index (κ3) is 5.99. The number of nitrogens with zero attached hydrogens (tertiary/aromatic N) is 1. The van der Waals surface area contributed by atoms with Crippen molar-refractivity contribution in [3.63, 3.8) is 0 Å². The Balaban J connectivity index is 0.00000225. The van der Waals surface area contributed by atoms with Crippen LogP contribution in [-0.2, 0) is 17.8 Å². The maximum atomic E-state index is 13.7. The van der Waals surface area contributed by atoms with E-state index in [1.807, 2.05) is 0 Å². The highest BCUT2D eigenvalue weighted by Crippen LogP contribution is 2.29. The SMILES string of the molecule is I.NC(=NCCc1cc(F)cc2c1OCOC2)NC1CCCCCC1. The summed E-state index contributed by atoms with van der Waals surface area (Å²) in [4.78, 5) is 4.40. The molecule has 1 aromatic rings. The molecule has 140 valence electrons. The Hall–Kier alpha value is -1.09. The maximum Gasteiger partial charge on any atom is 0.189 e. The van der Waals surface area contributed by atoms with E-state index in [0.717, 1.165) is 29.7 Å². The molecule has 1 aliphatic carbocycles. The minimum Gasteiger partial charge on any atom is -0.467 e. The lowest BCUT2D eigenvalue weighted by atomic mass is 10.1. The summed E-state index contributed by atoms with van der Waals surface area (Å²) >= 11 is 0. The van der Waals surface area contributed by atoms with Gasteiger partial charge in [0, 0.05) is 18.2 Å². The summed E-state index contributed by atoms with van der Waals surface area (Å²) in [7, 11) is 0. The van der Waals surface area contributed by atoms with Gasteiger partial charge >= 0.3 is 0 Å². The van der Waals surface area contributed by atoms with E-state index in [1.54, 1.807) is 0 Å². The summed E-state index contributed by atoms with van der Waals surface area (Å²) in [6, 6.07) is 3.40. The fourth-order valence-electron chi connectivity index (χ4n) is 3.42. The molecule has 0 aromatic heterocycles. The van der Waals surface area contributed by atoms with Crippen LogP contribution in [0.1, 0.15) is 49.7 Å². The number of rotatable bonds is 4. The van der Waals surface area contributed by atoms with E-state index < -0.39 is 0 Å². The third-order valence-electron chi connectivity index (χ3n) is 4.62. The molecule has 1 fully saturated rings. The number of guanidine groups is 1. The van der Waals surface area contributed by atoms with Crippen LogP contribution >= 0.6 is 24.0 Å². The van der Waals surface area contributed by atoms with Gasteiger partial charge in [0.05, 0.1) is 6.61 Å². The van der Waals surface area contributed by atoms with Gasteiger partial charge in [0.1, 0.15) is 11.6 Å². The van der Waals surface area contributed by atoms with Crippen molar-refractivity contribution < 1.29 is 13.9 Å². The van der Waals surface area contributed by atoms with Crippen LogP contribution in [0.3, 0.4) is 0 Å². The first kappa shape index (κ1) is 20.2.